The summed E-state index contributed by atoms with van der Waals surface area (Å²) in [6, 6.07) is 63.8. The molecule has 8 aromatic carbocycles. The maximum Gasteiger partial charge on any atom is 0.164 e. The van der Waals surface area contributed by atoms with Crippen LogP contribution in [0.15, 0.2) is 186 Å². The number of hydrogen-bond donors (Lipinski definition) is 0. The molecule has 0 amide bonds. The van der Waals surface area contributed by atoms with Gasteiger partial charge in [0.05, 0.1) is 11.0 Å². The first kappa shape index (κ1) is 31.9. The van der Waals surface area contributed by atoms with Gasteiger partial charge in [-0.15, -0.1) is 11.3 Å². The summed E-state index contributed by atoms with van der Waals surface area (Å²) < 4.78 is 11.4. The second-order valence-electron chi connectivity index (χ2n) is 14.4. The van der Waals surface area contributed by atoms with Crippen molar-refractivity contribution >= 4 is 75.3 Å². The topological polar surface area (TPSA) is 56.7 Å². The standard InChI is InChI=1S/C51H30N4OS/c1-3-12-31(13-4-1)49-52-50(32-14-5-2-6-15-32)54-51(53-49)40-18-11-21-45-48(40)41-28-33(23-27-44(41)56-45)34-22-25-38-39-26-24-35(30-47(39)57-46(38)29-34)55-42-19-9-7-16-36(42)37-17-8-10-20-43(37)55/h1-30H. The van der Waals surface area contributed by atoms with E-state index in [1.54, 1.807) is 0 Å². The molecule has 0 fully saturated rings. The molecule has 12 rings (SSSR count). The van der Waals surface area contributed by atoms with Gasteiger partial charge < -0.3 is 8.98 Å². The number of para-hydroxylation sites is 2. The molecule has 0 aliphatic heterocycles. The Labute approximate surface area is 330 Å². The Morgan fingerprint density at radius 1 is 0.386 bits per heavy atom. The van der Waals surface area contributed by atoms with Gasteiger partial charge in [-0.3, -0.25) is 0 Å². The number of fused-ring (bicyclic) bond motifs is 9. The van der Waals surface area contributed by atoms with Gasteiger partial charge in [0, 0.05) is 64.1 Å². The Morgan fingerprint density at radius 3 is 1.67 bits per heavy atom. The lowest BCUT2D eigenvalue weighted by atomic mass is 9.99. The summed E-state index contributed by atoms with van der Waals surface area (Å²) in [6.45, 7) is 0. The molecule has 0 N–H and O–H groups in total. The van der Waals surface area contributed by atoms with Gasteiger partial charge in [0.15, 0.2) is 17.5 Å². The van der Waals surface area contributed by atoms with Crippen LogP contribution in [-0.2, 0) is 0 Å². The van der Waals surface area contributed by atoms with Gasteiger partial charge in [-0.2, -0.15) is 0 Å². The molecular weight excluding hydrogens is 717 g/mol. The minimum Gasteiger partial charge on any atom is -0.456 e. The minimum atomic E-state index is 0.605. The molecule has 0 aliphatic rings. The van der Waals surface area contributed by atoms with Gasteiger partial charge in [0.2, 0.25) is 0 Å². The van der Waals surface area contributed by atoms with Gasteiger partial charge in [-0.05, 0) is 59.7 Å². The number of hydrogen-bond acceptors (Lipinski definition) is 5. The van der Waals surface area contributed by atoms with Crippen LogP contribution in [0, 0.1) is 0 Å². The zero-order valence-corrected chi connectivity index (χ0v) is 31.2. The van der Waals surface area contributed by atoms with Crippen molar-refractivity contribution in [3.8, 4) is 51.0 Å². The second-order valence-corrected chi connectivity index (χ2v) is 15.5. The summed E-state index contributed by atoms with van der Waals surface area (Å²) in [5.74, 6) is 1.86. The van der Waals surface area contributed by atoms with Crippen LogP contribution in [-0.4, -0.2) is 19.5 Å². The van der Waals surface area contributed by atoms with Crippen LogP contribution < -0.4 is 0 Å². The molecule has 0 spiro atoms. The Morgan fingerprint density at radius 2 is 0.965 bits per heavy atom. The molecule has 0 saturated carbocycles. The number of rotatable bonds is 5. The summed E-state index contributed by atoms with van der Waals surface area (Å²) in [6.07, 6.45) is 0. The highest BCUT2D eigenvalue weighted by Crippen LogP contribution is 2.42. The van der Waals surface area contributed by atoms with Gasteiger partial charge in [0.25, 0.3) is 0 Å². The SMILES string of the molecule is c1ccc(-c2nc(-c3ccccc3)nc(-c3cccc4oc5ccc(-c6ccc7c(c6)sc6cc(-n8c9ccccc9c9ccccc98)ccc67)cc5c34)n2)cc1. The maximum absolute atomic E-state index is 6.47. The van der Waals surface area contributed by atoms with E-state index in [1.165, 1.54) is 47.7 Å². The predicted molar refractivity (Wildman–Crippen MR) is 236 cm³/mol. The first-order valence-corrected chi connectivity index (χ1v) is 19.8. The lowest BCUT2D eigenvalue weighted by molar-refractivity contribution is 0.669. The Balaban J connectivity index is 0.984. The third-order valence-corrected chi connectivity index (χ3v) is 12.2. The maximum atomic E-state index is 6.47. The minimum absolute atomic E-state index is 0.605. The predicted octanol–water partition coefficient (Wildman–Crippen LogP) is 13.9. The van der Waals surface area contributed by atoms with Crippen LogP contribution in [0.1, 0.15) is 0 Å². The van der Waals surface area contributed by atoms with E-state index in [2.05, 4.69) is 114 Å². The Hall–Kier alpha value is -7.41. The van der Waals surface area contributed by atoms with Crippen molar-refractivity contribution in [3.63, 3.8) is 0 Å². The van der Waals surface area contributed by atoms with E-state index in [9.17, 15) is 0 Å². The average Bonchev–Trinajstić information content (AvgIpc) is 3.95. The fraction of sp³-hybridized carbons (Fsp3) is 0. The van der Waals surface area contributed by atoms with Crippen LogP contribution >= 0.6 is 11.3 Å². The molecule has 0 atom stereocenters. The summed E-state index contributed by atoms with van der Waals surface area (Å²) in [7, 11) is 0. The summed E-state index contributed by atoms with van der Waals surface area (Å²) in [5.41, 5.74) is 10.3. The van der Waals surface area contributed by atoms with E-state index in [0.717, 1.165) is 49.8 Å². The van der Waals surface area contributed by atoms with Gasteiger partial charge in [-0.25, -0.2) is 15.0 Å². The van der Waals surface area contributed by atoms with Crippen LogP contribution in [0.5, 0.6) is 0 Å². The quantitative estimate of drug-likeness (QED) is 0.176. The number of thiophene rings is 1. The van der Waals surface area contributed by atoms with Gasteiger partial charge in [-0.1, -0.05) is 133 Å². The number of furan rings is 1. The van der Waals surface area contributed by atoms with Crippen molar-refractivity contribution in [2.24, 2.45) is 0 Å². The van der Waals surface area contributed by atoms with Crippen molar-refractivity contribution in [2.45, 2.75) is 0 Å². The first-order valence-electron chi connectivity index (χ1n) is 19.0. The van der Waals surface area contributed by atoms with E-state index in [4.69, 9.17) is 19.4 Å². The lowest BCUT2D eigenvalue weighted by Gasteiger charge is -2.09. The third-order valence-electron chi connectivity index (χ3n) is 11.1. The van der Waals surface area contributed by atoms with Crippen molar-refractivity contribution in [2.75, 3.05) is 0 Å². The number of aromatic nitrogens is 4. The Bertz CT molecular complexity index is 3420. The van der Waals surface area contributed by atoms with E-state index in [0.29, 0.717) is 17.5 Å². The van der Waals surface area contributed by atoms with Crippen LogP contribution in [0.25, 0.3) is 115 Å². The zero-order chi connectivity index (χ0) is 37.5. The van der Waals surface area contributed by atoms with Crippen molar-refractivity contribution in [3.05, 3.63) is 182 Å². The van der Waals surface area contributed by atoms with E-state index in [-0.39, 0.29) is 0 Å². The molecule has 6 heteroatoms. The highest BCUT2D eigenvalue weighted by molar-refractivity contribution is 7.25. The van der Waals surface area contributed by atoms with Crippen LogP contribution in [0.4, 0.5) is 0 Å². The normalized spacial score (nSPS) is 11.9. The smallest absolute Gasteiger partial charge is 0.164 e. The fourth-order valence-corrected chi connectivity index (χ4v) is 9.59. The van der Waals surface area contributed by atoms with Gasteiger partial charge in [0.1, 0.15) is 11.2 Å². The van der Waals surface area contributed by atoms with Crippen LogP contribution in [0.3, 0.4) is 0 Å². The van der Waals surface area contributed by atoms with Gasteiger partial charge >= 0.3 is 0 Å². The molecule has 0 radical (unpaired) electrons. The van der Waals surface area contributed by atoms with Crippen LogP contribution in [0.2, 0.25) is 0 Å². The van der Waals surface area contributed by atoms with Crippen molar-refractivity contribution in [1.29, 1.82) is 0 Å². The molecule has 4 heterocycles. The van der Waals surface area contributed by atoms with Crippen molar-refractivity contribution < 1.29 is 4.42 Å². The first-order chi connectivity index (χ1) is 28.2. The number of nitrogens with zero attached hydrogens (tertiary/aromatic N) is 4. The Kier molecular flexibility index (Phi) is 7.03. The molecule has 57 heavy (non-hydrogen) atoms. The molecule has 0 aliphatic carbocycles. The molecule has 5 nitrogen and oxygen atoms in total. The summed E-state index contributed by atoms with van der Waals surface area (Å²) >= 11 is 1.84. The average molecular weight is 747 g/mol. The highest BCUT2D eigenvalue weighted by atomic mass is 32.1. The van der Waals surface area contributed by atoms with E-state index < -0.39 is 0 Å². The molecule has 4 aromatic heterocycles. The van der Waals surface area contributed by atoms with E-state index in [1.807, 2.05) is 84.1 Å². The summed E-state index contributed by atoms with van der Waals surface area (Å²) in [4.78, 5) is 15.0. The molecule has 266 valence electrons. The lowest BCUT2D eigenvalue weighted by Crippen LogP contribution is -2.00. The van der Waals surface area contributed by atoms with Crippen molar-refractivity contribution in [1.82, 2.24) is 19.5 Å². The van der Waals surface area contributed by atoms with E-state index >= 15 is 0 Å². The fourth-order valence-electron chi connectivity index (χ4n) is 8.41. The zero-order valence-electron chi connectivity index (χ0n) is 30.4. The molecular formula is C51H30N4OS. The second kappa shape index (κ2) is 12.6. The monoisotopic (exact) mass is 746 g/mol. The molecule has 12 aromatic rings. The summed E-state index contributed by atoms with van der Waals surface area (Å²) in [5, 5.41) is 7.08. The largest absolute Gasteiger partial charge is 0.456 e. The highest BCUT2D eigenvalue weighted by Gasteiger charge is 2.19. The molecule has 0 unspecified atom stereocenters. The third kappa shape index (κ3) is 5.12. The molecule has 0 bridgehead atoms. The molecule has 0 saturated heterocycles. The number of benzene rings is 8.